The lowest BCUT2D eigenvalue weighted by Crippen LogP contribution is -2.04. The van der Waals surface area contributed by atoms with Gasteiger partial charge in [-0.05, 0) is 31.2 Å². The molecule has 1 aliphatic rings. The topological polar surface area (TPSA) is 86.0 Å². The molecule has 0 N–H and O–H groups in total. The maximum atomic E-state index is 12.5. The van der Waals surface area contributed by atoms with Crippen molar-refractivity contribution in [1.29, 1.82) is 0 Å². The molecule has 8 heteroatoms. The molecule has 0 saturated carbocycles. The van der Waals surface area contributed by atoms with Crippen LogP contribution < -0.4 is 0 Å². The van der Waals surface area contributed by atoms with Crippen LogP contribution in [0.25, 0.3) is 10.2 Å². The summed E-state index contributed by atoms with van der Waals surface area (Å²) < 4.78 is 0. The molecule has 6 nitrogen and oxygen atoms in total. The van der Waals surface area contributed by atoms with Crippen molar-refractivity contribution in [2.75, 3.05) is 5.75 Å². The summed E-state index contributed by atoms with van der Waals surface area (Å²) in [6.45, 7) is 0. The fraction of sp³-hybridized carbons (Fsp3) is 0.278. The molecule has 2 aromatic heterocycles. The standard InChI is InChI=1S/C18H15N3O3S2/c22-14(11-4-3-5-12(8-11)21(23)24)9-25-17-16-13-6-1-2-7-15(13)26-18(16)20-10-19-17/h3-5,8,10H,1-2,6-7,9H2. The van der Waals surface area contributed by atoms with Crippen molar-refractivity contribution in [2.45, 2.75) is 30.7 Å². The van der Waals surface area contributed by atoms with Crippen molar-refractivity contribution in [2.24, 2.45) is 0 Å². The highest BCUT2D eigenvalue weighted by Gasteiger charge is 2.21. The van der Waals surface area contributed by atoms with Gasteiger partial charge in [-0.1, -0.05) is 23.9 Å². The van der Waals surface area contributed by atoms with E-state index in [1.54, 1.807) is 23.7 Å². The number of nitro benzene ring substituents is 1. The van der Waals surface area contributed by atoms with Crippen LogP contribution in [0.5, 0.6) is 0 Å². The Bertz CT molecular complexity index is 1020. The quantitative estimate of drug-likeness (QED) is 0.212. The van der Waals surface area contributed by atoms with Crippen molar-refractivity contribution >= 4 is 44.8 Å². The first kappa shape index (κ1) is 17.1. The first-order valence-corrected chi connectivity index (χ1v) is 10.1. The molecule has 2 heterocycles. The summed E-state index contributed by atoms with van der Waals surface area (Å²) in [4.78, 5) is 34.0. The number of nitro groups is 1. The summed E-state index contributed by atoms with van der Waals surface area (Å²) >= 11 is 3.11. The van der Waals surface area contributed by atoms with Crippen LogP contribution in [-0.4, -0.2) is 26.4 Å². The van der Waals surface area contributed by atoms with Crippen molar-refractivity contribution < 1.29 is 9.72 Å². The van der Waals surface area contributed by atoms with Gasteiger partial charge in [-0.2, -0.15) is 0 Å². The second-order valence-corrected chi connectivity index (χ2v) is 8.14. The number of benzene rings is 1. The molecule has 132 valence electrons. The van der Waals surface area contributed by atoms with Crippen molar-refractivity contribution in [3.63, 3.8) is 0 Å². The molecule has 0 aliphatic heterocycles. The van der Waals surface area contributed by atoms with Crippen LogP contribution in [0.15, 0.2) is 35.6 Å². The Kier molecular flexibility index (Phi) is 4.69. The van der Waals surface area contributed by atoms with Gasteiger partial charge >= 0.3 is 0 Å². The second-order valence-electron chi connectivity index (χ2n) is 6.09. The molecule has 0 saturated heterocycles. The monoisotopic (exact) mass is 385 g/mol. The highest BCUT2D eigenvalue weighted by molar-refractivity contribution is 8.00. The molecule has 0 spiro atoms. The van der Waals surface area contributed by atoms with E-state index in [1.165, 1.54) is 53.2 Å². The second kappa shape index (κ2) is 7.13. The number of fused-ring (bicyclic) bond motifs is 3. The molecule has 4 rings (SSSR count). The average molecular weight is 385 g/mol. The lowest BCUT2D eigenvalue weighted by atomic mass is 9.97. The van der Waals surface area contributed by atoms with Gasteiger partial charge in [0.15, 0.2) is 5.78 Å². The number of thiophene rings is 1. The average Bonchev–Trinajstić information content (AvgIpc) is 3.05. The molecule has 0 unspecified atom stereocenters. The number of Topliss-reactive ketones (excluding diaryl/α,β-unsaturated/α-hetero) is 1. The first-order chi connectivity index (χ1) is 12.6. The lowest BCUT2D eigenvalue weighted by Gasteiger charge is -2.11. The number of hydrogen-bond acceptors (Lipinski definition) is 7. The van der Waals surface area contributed by atoms with Crippen molar-refractivity contribution in [3.8, 4) is 0 Å². The minimum atomic E-state index is -0.491. The van der Waals surface area contributed by atoms with Gasteiger partial charge in [0.2, 0.25) is 0 Å². The number of hydrogen-bond donors (Lipinski definition) is 0. The van der Waals surface area contributed by atoms with Gasteiger partial charge in [0, 0.05) is 28.0 Å². The van der Waals surface area contributed by atoms with Gasteiger partial charge in [-0.3, -0.25) is 14.9 Å². The molecule has 1 aromatic carbocycles. The first-order valence-electron chi connectivity index (χ1n) is 8.29. The summed E-state index contributed by atoms with van der Waals surface area (Å²) in [6.07, 6.45) is 6.05. The molecule has 0 radical (unpaired) electrons. The third kappa shape index (κ3) is 3.22. The summed E-state index contributed by atoms with van der Waals surface area (Å²) in [6, 6.07) is 5.85. The van der Waals surface area contributed by atoms with Gasteiger partial charge < -0.3 is 0 Å². The van der Waals surface area contributed by atoms with Crippen molar-refractivity contribution in [3.05, 3.63) is 56.7 Å². The van der Waals surface area contributed by atoms with Crippen LogP contribution in [0.4, 0.5) is 5.69 Å². The van der Waals surface area contributed by atoms with Crippen LogP contribution >= 0.6 is 23.1 Å². The molecule has 0 bridgehead atoms. The molecule has 1 aliphatic carbocycles. The largest absolute Gasteiger partial charge is 0.293 e. The Morgan fingerprint density at radius 2 is 2.12 bits per heavy atom. The number of ketones is 1. The number of non-ortho nitro benzene ring substituents is 1. The summed E-state index contributed by atoms with van der Waals surface area (Å²) in [5, 5.41) is 12.8. The molecule has 26 heavy (non-hydrogen) atoms. The van der Waals surface area contributed by atoms with E-state index in [2.05, 4.69) is 9.97 Å². The number of aromatic nitrogens is 2. The number of carbonyl (C=O) groups is 1. The van der Waals surface area contributed by atoms with E-state index >= 15 is 0 Å². The number of aryl methyl sites for hydroxylation is 2. The predicted molar refractivity (Wildman–Crippen MR) is 102 cm³/mol. The smallest absolute Gasteiger partial charge is 0.270 e. The van der Waals surface area contributed by atoms with E-state index in [9.17, 15) is 14.9 Å². The zero-order valence-electron chi connectivity index (χ0n) is 13.8. The third-order valence-corrected chi connectivity index (χ3v) is 6.62. The third-order valence-electron chi connectivity index (χ3n) is 4.44. The lowest BCUT2D eigenvalue weighted by molar-refractivity contribution is -0.384. The maximum absolute atomic E-state index is 12.5. The highest BCUT2D eigenvalue weighted by Crippen LogP contribution is 2.39. The van der Waals surface area contributed by atoms with E-state index in [0.29, 0.717) is 5.56 Å². The number of carbonyl (C=O) groups excluding carboxylic acids is 1. The zero-order valence-corrected chi connectivity index (χ0v) is 15.4. The molecular weight excluding hydrogens is 370 g/mol. The van der Waals surface area contributed by atoms with E-state index in [-0.39, 0.29) is 17.2 Å². The Morgan fingerprint density at radius 1 is 1.27 bits per heavy atom. The van der Waals surface area contributed by atoms with Crippen LogP contribution in [0.3, 0.4) is 0 Å². The van der Waals surface area contributed by atoms with Crippen molar-refractivity contribution in [1.82, 2.24) is 9.97 Å². The predicted octanol–water partition coefficient (Wildman–Crippen LogP) is 4.45. The molecule has 3 aromatic rings. The van der Waals surface area contributed by atoms with Crippen LogP contribution in [0.1, 0.15) is 33.6 Å². The number of rotatable bonds is 5. The Balaban J connectivity index is 1.58. The SMILES string of the molecule is O=C(CSc1ncnc2sc3c(c12)CCCC3)c1cccc([N+](=O)[O-])c1. The minimum absolute atomic E-state index is 0.0721. The van der Waals surface area contributed by atoms with E-state index < -0.39 is 4.92 Å². The van der Waals surface area contributed by atoms with E-state index in [0.717, 1.165) is 28.1 Å². The number of nitrogens with zero attached hydrogens (tertiary/aromatic N) is 3. The van der Waals surface area contributed by atoms with Gasteiger partial charge in [-0.25, -0.2) is 9.97 Å². The maximum Gasteiger partial charge on any atom is 0.270 e. The Morgan fingerprint density at radius 3 is 2.96 bits per heavy atom. The zero-order chi connectivity index (χ0) is 18.1. The number of thioether (sulfide) groups is 1. The Labute approximate surface area is 157 Å². The molecule has 0 fully saturated rings. The van der Waals surface area contributed by atoms with Gasteiger partial charge in [0.25, 0.3) is 5.69 Å². The fourth-order valence-electron chi connectivity index (χ4n) is 3.18. The van der Waals surface area contributed by atoms with Crippen LogP contribution in [0, 0.1) is 10.1 Å². The molecule has 0 atom stereocenters. The van der Waals surface area contributed by atoms with E-state index in [4.69, 9.17) is 0 Å². The summed E-state index contributed by atoms with van der Waals surface area (Å²) in [5.74, 6) is 0.0484. The van der Waals surface area contributed by atoms with Gasteiger partial charge in [0.05, 0.1) is 10.7 Å². The van der Waals surface area contributed by atoms with Gasteiger partial charge in [-0.15, -0.1) is 11.3 Å². The minimum Gasteiger partial charge on any atom is -0.293 e. The highest BCUT2D eigenvalue weighted by atomic mass is 32.2. The summed E-state index contributed by atoms with van der Waals surface area (Å²) in [7, 11) is 0. The normalized spacial score (nSPS) is 13.5. The molecular formula is C18H15N3O3S2. The van der Waals surface area contributed by atoms with Crippen LogP contribution in [0.2, 0.25) is 0 Å². The Hall–Kier alpha value is -2.32. The molecule has 0 amide bonds. The summed E-state index contributed by atoms with van der Waals surface area (Å²) in [5.41, 5.74) is 1.61. The van der Waals surface area contributed by atoms with Crippen LogP contribution in [-0.2, 0) is 12.8 Å². The van der Waals surface area contributed by atoms with E-state index in [1.807, 2.05) is 0 Å². The van der Waals surface area contributed by atoms with Gasteiger partial charge in [0.1, 0.15) is 16.2 Å². The fourth-order valence-corrected chi connectivity index (χ4v) is 5.39.